The normalized spacial score (nSPS) is 16.5. The fraction of sp³-hybridized carbons (Fsp3) is 0.412. The molecule has 0 spiro atoms. The topological polar surface area (TPSA) is 44.1 Å². The quantitative estimate of drug-likeness (QED) is 0.827. The van der Waals surface area contributed by atoms with Crippen molar-refractivity contribution in [3.05, 3.63) is 46.0 Å². The second-order valence-corrected chi connectivity index (χ2v) is 6.38. The van der Waals surface area contributed by atoms with E-state index < -0.39 is 0 Å². The van der Waals surface area contributed by atoms with Crippen molar-refractivity contribution in [2.24, 2.45) is 0 Å². The molecule has 0 saturated heterocycles. The maximum absolute atomic E-state index is 12.5. The van der Waals surface area contributed by atoms with Crippen molar-refractivity contribution in [2.75, 3.05) is 13.1 Å². The van der Waals surface area contributed by atoms with Gasteiger partial charge in [0.25, 0.3) is 0 Å². The lowest BCUT2D eigenvalue weighted by atomic mass is 9.92. The van der Waals surface area contributed by atoms with Gasteiger partial charge in [0.15, 0.2) is 0 Å². The van der Waals surface area contributed by atoms with Gasteiger partial charge in [-0.1, -0.05) is 51.8 Å². The number of rotatable bonds is 4. The van der Waals surface area contributed by atoms with Gasteiger partial charge in [0, 0.05) is 29.8 Å². The van der Waals surface area contributed by atoms with E-state index in [2.05, 4.69) is 28.9 Å². The molecular weight excluding hydrogens is 328 g/mol. The third-order valence-electron chi connectivity index (χ3n) is 3.93. The second-order valence-electron chi connectivity index (χ2n) is 5.42. The summed E-state index contributed by atoms with van der Waals surface area (Å²) in [5.41, 5.74) is 2.38. The summed E-state index contributed by atoms with van der Waals surface area (Å²) in [5.74, 6) is 0.109. The Morgan fingerprint density at radius 3 is 2.76 bits per heavy atom. The molecule has 0 N–H and O–H groups in total. The number of halogens is 1. The van der Waals surface area contributed by atoms with Crippen LogP contribution in [0.1, 0.15) is 37.7 Å². The molecule has 0 saturated carbocycles. The van der Waals surface area contributed by atoms with Gasteiger partial charge in [-0.3, -0.25) is 4.79 Å². The first-order valence-electron chi connectivity index (χ1n) is 7.15. The van der Waals surface area contributed by atoms with Gasteiger partial charge >= 0.3 is 0 Å². The summed E-state index contributed by atoms with van der Waals surface area (Å²) in [7, 11) is 0. The molecular formula is C17H19BrN2O. The van der Waals surface area contributed by atoms with Crippen molar-refractivity contribution >= 4 is 21.8 Å². The molecule has 1 amide bonds. The van der Waals surface area contributed by atoms with E-state index in [9.17, 15) is 4.79 Å². The molecule has 21 heavy (non-hydrogen) atoms. The summed E-state index contributed by atoms with van der Waals surface area (Å²) in [6.45, 7) is 3.51. The summed E-state index contributed by atoms with van der Waals surface area (Å²) in [6.07, 6.45) is 1.69. The van der Waals surface area contributed by atoms with Crippen LogP contribution in [-0.2, 0) is 4.79 Å². The molecule has 1 aliphatic rings. The molecule has 0 aliphatic carbocycles. The molecule has 0 radical (unpaired) electrons. The first-order valence-corrected chi connectivity index (χ1v) is 7.95. The molecule has 0 unspecified atom stereocenters. The van der Waals surface area contributed by atoms with E-state index in [1.807, 2.05) is 35.2 Å². The van der Waals surface area contributed by atoms with Crippen molar-refractivity contribution in [2.45, 2.75) is 32.1 Å². The Morgan fingerprint density at radius 2 is 2.14 bits per heavy atom. The smallest absolute Gasteiger partial charge is 0.223 e. The van der Waals surface area contributed by atoms with Gasteiger partial charge in [0.2, 0.25) is 5.91 Å². The number of hydrogen-bond donors (Lipinski definition) is 0. The van der Waals surface area contributed by atoms with Crippen LogP contribution >= 0.6 is 15.9 Å². The Bertz CT molecular complexity index is 574. The highest BCUT2D eigenvalue weighted by atomic mass is 79.9. The van der Waals surface area contributed by atoms with Gasteiger partial charge < -0.3 is 4.90 Å². The molecule has 0 bridgehead atoms. The fourth-order valence-corrected chi connectivity index (χ4v) is 3.02. The number of hydrogen-bond acceptors (Lipinski definition) is 2. The van der Waals surface area contributed by atoms with E-state index in [-0.39, 0.29) is 11.8 Å². The minimum absolute atomic E-state index is 0.0190. The van der Waals surface area contributed by atoms with E-state index >= 15 is 0 Å². The molecule has 1 heterocycles. The lowest BCUT2D eigenvalue weighted by Crippen LogP contribution is -2.36. The minimum Gasteiger partial charge on any atom is -0.338 e. The molecule has 1 aromatic carbocycles. The predicted molar refractivity (Wildman–Crippen MR) is 86.9 cm³/mol. The van der Waals surface area contributed by atoms with Crippen LogP contribution in [0.5, 0.6) is 0 Å². The first kappa shape index (κ1) is 15.8. The maximum Gasteiger partial charge on any atom is 0.223 e. The molecule has 1 atom stereocenters. The van der Waals surface area contributed by atoms with E-state index in [1.54, 1.807) is 0 Å². The number of carbonyl (C=O) groups excluding carboxylic acids is 1. The molecule has 4 heteroatoms. The van der Waals surface area contributed by atoms with Gasteiger partial charge in [0.1, 0.15) is 0 Å². The largest absolute Gasteiger partial charge is 0.338 e. The minimum atomic E-state index is -0.0190. The third kappa shape index (κ3) is 4.18. The molecule has 1 aliphatic heterocycles. The van der Waals surface area contributed by atoms with Crippen molar-refractivity contribution < 1.29 is 4.79 Å². The lowest BCUT2D eigenvalue weighted by molar-refractivity contribution is -0.131. The van der Waals surface area contributed by atoms with Crippen molar-refractivity contribution in [3.8, 4) is 6.07 Å². The van der Waals surface area contributed by atoms with Crippen molar-refractivity contribution in [3.63, 3.8) is 0 Å². The zero-order chi connectivity index (χ0) is 15.2. The second kappa shape index (κ2) is 7.42. The van der Waals surface area contributed by atoms with Gasteiger partial charge in [-0.15, -0.1) is 0 Å². The Hall–Kier alpha value is -1.60. The number of nitriles is 1. The zero-order valence-corrected chi connectivity index (χ0v) is 13.8. The molecule has 1 aromatic rings. The van der Waals surface area contributed by atoms with E-state index in [0.29, 0.717) is 19.4 Å². The number of nitrogens with zero attached hydrogens (tertiary/aromatic N) is 2. The van der Waals surface area contributed by atoms with Crippen LogP contribution < -0.4 is 0 Å². The highest BCUT2D eigenvalue weighted by molar-refractivity contribution is 9.11. The van der Waals surface area contributed by atoms with E-state index in [4.69, 9.17) is 5.26 Å². The van der Waals surface area contributed by atoms with Crippen LogP contribution in [0.3, 0.4) is 0 Å². The van der Waals surface area contributed by atoms with Crippen LogP contribution in [0.4, 0.5) is 0 Å². The fourth-order valence-electron chi connectivity index (χ4n) is 2.52. The zero-order valence-electron chi connectivity index (χ0n) is 12.2. The van der Waals surface area contributed by atoms with Crippen LogP contribution in [0.2, 0.25) is 0 Å². The maximum atomic E-state index is 12.5. The van der Waals surface area contributed by atoms with Crippen LogP contribution in [0.15, 0.2) is 40.4 Å². The molecule has 110 valence electrons. The standard InChI is InChI=1S/C17H19BrN2O/c1-13-8-10-20(12-16(13)18)17(21)11-15(7-9-19)14-5-3-2-4-6-14/h2-6,15H,7-8,10-12H2,1H3/t15-/m0/s1. The average molecular weight is 347 g/mol. The van der Waals surface area contributed by atoms with Crippen LogP contribution in [0, 0.1) is 11.3 Å². The SMILES string of the molecule is CC1=C(Br)CN(C(=O)C[C@H](CC#N)c2ccccc2)CC1. The Kier molecular flexibility index (Phi) is 5.58. The molecule has 2 rings (SSSR count). The number of carbonyl (C=O) groups is 1. The summed E-state index contributed by atoms with van der Waals surface area (Å²) < 4.78 is 1.11. The average Bonchev–Trinajstić information content (AvgIpc) is 2.50. The van der Waals surface area contributed by atoms with Gasteiger partial charge in [-0.05, 0) is 18.9 Å². The summed E-state index contributed by atoms with van der Waals surface area (Å²) in [6, 6.07) is 12.0. The summed E-state index contributed by atoms with van der Waals surface area (Å²) >= 11 is 3.54. The van der Waals surface area contributed by atoms with Crippen LogP contribution in [-0.4, -0.2) is 23.9 Å². The lowest BCUT2D eigenvalue weighted by Gasteiger charge is -2.29. The number of benzene rings is 1. The molecule has 3 nitrogen and oxygen atoms in total. The molecule has 0 fully saturated rings. The molecule has 0 aromatic heterocycles. The van der Waals surface area contributed by atoms with E-state index in [0.717, 1.165) is 23.0 Å². The highest BCUT2D eigenvalue weighted by Crippen LogP contribution is 2.27. The highest BCUT2D eigenvalue weighted by Gasteiger charge is 2.23. The van der Waals surface area contributed by atoms with Crippen LogP contribution in [0.25, 0.3) is 0 Å². The van der Waals surface area contributed by atoms with Crippen molar-refractivity contribution in [1.29, 1.82) is 5.26 Å². The Balaban J connectivity index is 2.05. The Morgan fingerprint density at radius 1 is 1.43 bits per heavy atom. The third-order valence-corrected chi connectivity index (χ3v) is 4.86. The Labute approximate surface area is 134 Å². The first-order chi connectivity index (χ1) is 10.1. The van der Waals surface area contributed by atoms with Gasteiger partial charge in [-0.2, -0.15) is 5.26 Å². The van der Waals surface area contributed by atoms with Gasteiger partial charge in [-0.25, -0.2) is 0 Å². The van der Waals surface area contributed by atoms with Gasteiger partial charge in [0.05, 0.1) is 12.6 Å². The number of amides is 1. The summed E-state index contributed by atoms with van der Waals surface area (Å²) in [4.78, 5) is 14.4. The van der Waals surface area contributed by atoms with E-state index in [1.165, 1.54) is 5.57 Å². The predicted octanol–water partition coefficient (Wildman–Crippen LogP) is 3.98. The summed E-state index contributed by atoms with van der Waals surface area (Å²) in [5, 5.41) is 9.01. The monoisotopic (exact) mass is 346 g/mol. The van der Waals surface area contributed by atoms with Crippen molar-refractivity contribution in [1.82, 2.24) is 4.90 Å².